The summed E-state index contributed by atoms with van der Waals surface area (Å²) < 4.78 is 5.31. The monoisotopic (exact) mass is 175 g/mol. The Kier molecular flexibility index (Phi) is 1.77. The third-order valence-corrected chi connectivity index (χ3v) is 1.98. The zero-order valence-corrected chi connectivity index (χ0v) is 7.19. The summed E-state index contributed by atoms with van der Waals surface area (Å²) in [6, 6.07) is 7.46. The Morgan fingerprint density at radius 2 is 2.08 bits per heavy atom. The standard InChI is InChI=1S/C10H9NO2/c1-7-6-13-9-5-3-2-4-8(9)10(7)11-12/h2-6,12H,1H3/b11-10-. The molecule has 13 heavy (non-hydrogen) atoms. The maximum atomic E-state index is 8.80. The van der Waals surface area contributed by atoms with Gasteiger partial charge in [-0.3, -0.25) is 0 Å². The van der Waals surface area contributed by atoms with Gasteiger partial charge in [-0.05, 0) is 19.1 Å². The van der Waals surface area contributed by atoms with Gasteiger partial charge in [0.2, 0.25) is 0 Å². The van der Waals surface area contributed by atoms with Crippen LogP contribution in [-0.2, 0) is 0 Å². The van der Waals surface area contributed by atoms with Crippen molar-refractivity contribution in [2.45, 2.75) is 6.92 Å². The van der Waals surface area contributed by atoms with Crippen LogP contribution in [0.2, 0.25) is 0 Å². The van der Waals surface area contributed by atoms with Crippen molar-refractivity contribution in [1.82, 2.24) is 0 Å². The summed E-state index contributed by atoms with van der Waals surface area (Å²) in [7, 11) is 0. The van der Waals surface area contributed by atoms with Crippen molar-refractivity contribution in [3.05, 3.63) is 41.4 Å². The van der Waals surface area contributed by atoms with Gasteiger partial charge in [-0.2, -0.15) is 0 Å². The van der Waals surface area contributed by atoms with Gasteiger partial charge in [0.05, 0.1) is 6.26 Å². The van der Waals surface area contributed by atoms with Gasteiger partial charge in [-0.25, -0.2) is 0 Å². The Bertz CT molecular complexity index is 499. The Morgan fingerprint density at radius 3 is 2.85 bits per heavy atom. The number of nitrogens with zero attached hydrogens (tertiary/aromatic N) is 1. The van der Waals surface area contributed by atoms with Crippen molar-refractivity contribution in [2.24, 2.45) is 5.16 Å². The van der Waals surface area contributed by atoms with Crippen LogP contribution in [-0.4, -0.2) is 5.21 Å². The Balaban J connectivity index is 3.01. The molecule has 0 aliphatic carbocycles. The lowest BCUT2D eigenvalue weighted by molar-refractivity contribution is 0.302. The molecule has 0 bridgehead atoms. The van der Waals surface area contributed by atoms with Gasteiger partial charge in [-0.1, -0.05) is 17.3 Å². The lowest BCUT2D eigenvalue weighted by Gasteiger charge is -1.98. The van der Waals surface area contributed by atoms with Gasteiger partial charge in [0, 0.05) is 10.9 Å². The van der Waals surface area contributed by atoms with E-state index < -0.39 is 0 Å². The highest BCUT2D eigenvalue weighted by Gasteiger charge is 1.99. The first-order valence-corrected chi connectivity index (χ1v) is 3.98. The van der Waals surface area contributed by atoms with Crippen molar-refractivity contribution in [1.29, 1.82) is 0 Å². The van der Waals surface area contributed by atoms with Crippen LogP contribution < -0.4 is 5.36 Å². The molecule has 0 saturated carbocycles. The van der Waals surface area contributed by atoms with Gasteiger partial charge in [-0.15, -0.1) is 0 Å². The zero-order chi connectivity index (χ0) is 9.26. The van der Waals surface area contributed by atoms with Crippen LogP contribution in [0.3, 0.4) is 0 Å². The second-order valence-electron chi connectivity index (χ2n) is 2.86. The molecular formula is C10H9NO2. The average Bonchev–Trinajstić information content (AvgIpc) is 2.18. The van der Waals surface area contributed by atoms with Crippen molar-refractivity contribution < 1.29 is 9.62 Å². The number of benzene rings is 1. The van der Waals surface area contributed by atoms with E-state index in [4.69, 9.17) is 9.62 Å². The maximum absolute atomic E-state index is 8.80. The number of hydrogen-bond acceptors (Lipinski definition) is 3. The summed E-state index contributed by atoms with van der Waals surface area (Å²) in [5.41, 5.74) is 1.54. The van der Waals surface area contributed by atoms with Crippen LogP contribution in [0.4, 0.5) is 0 Å². The van der Waals surface area contributed by atoms with E-state index in [0.717, 1.165) is 16.5 Å². The van der Waals surface area contributed by atoms with Crippen molar-refractivity contribution >= 4 is 11.0 Å². The van der Waals surface area contributed by atoms with E-state index in [0.29, 0.717) is 5.36 Å². The molecule has 0 saturated heterocycles. The SMILES string of the molecule is Cc1coc2ccccc2/c1=N\O. The zero-order valence-electron chi connectivity index (χ0n) is 7.19. The second kappa shape index (κ2) is 2.94. The first-order chi connectivity index (χ1) is 6.33. The molecule has 0 unspecified atom stereocenters. The first kappa shape index (κ1) is 7.86. The van der Waals surface area contributed by atoms with Crippen molar-refractivity contribution in [2.75, 3.05) is 0 Å². The summed E-state index contributed by atoms with van der Waals surface area (Å²) in [5, 5.41) is 13.4. The molecule has 0 aliphatic rings. The van der Waals surface area contributed by atoms with Crippen molar-refractivity contribution in [3.63, 3.8) is 0 Å². The van der Waals surface area contributed by atoms with Gasteiger partial charge in [0.15, 0.2) is 0 Å². The van der Waals surface area contributed by atoms with E-state index in [9.17, 15) is 0 Å². The summed E-state index contributed by atoms with van der Waals surface area (Å²) in [5.74, 6) is 0. The normalized spacial score (nSPS) is 12.2. The van der Waals surface area contributed by atoms with Gasteiger partial charge in [0.1, 0.15) is 10.9 Å². The number of aryl methyl sites for hydroxylation is 1. The molecule has 0 radical (unpaired) electrons. The molecule has 0 amide bonds. The first-order valence-electron chi connectivity index (χ1n) is 3.98. The highest BCUT2D eigenvalue weighted by atomic mass is 16.4. The third kappa shape index (κ3) is 1.18. The second-order valence-corrected chi connectivity index (χ2v) is 2.86. The predicted molar refractivity (Wildman–Crippen MR) is 48.3 cm³/mol. The highest BCUT2D eigenvalue weighted by molar-refractivity contribution is 5.76. The van der Waals surface area contributed by atoms with E-state index in [-0.39, 0.29) is 0 Å². The third-order valence-electron chi connectivity index (χ3n) is 1.98. The highest BCUT2D eigenvalue weighted by Crippen LogP contribution is 2.09. The minimum absolute atomic E-state index is 0.571. The average molecular weight is 175 g/mol. The summed E-state index contributed by atoms with van der Waals surface area (Å²) in [6.07, 6.45) is 1.58. The molecule has 1 aromatic heterocycles. The topological polar surface area (TPSA) is 45.7 Å². The van der Waals surface area contributed by atoms with Gasteiger partial charge >= 0.3 is 0 Å². The van der Waals surface area contributed by atoms with Crippen LogP contribution in [0.15, 0.2) is 40.1 Å². The Hall–Kier alpha value is -1.77. The molecule has 2 aromatic rings. The maximum Gasteiger partial charge on any atom is 0.136 e. The molecule has 3 nitrogen and oxygen atoms in total. The van der Waals surface area contributed by atoms with Gasteiger partial charge < -0.3 is 9.62 Å². The van der Waals surface area contributed by atoms with E-state index in [1.165, 1.54) is 0 Å². The van der Waals surface area contributed by atoms with Crippen LogP contribution >= 0.6 is 0 Å². The van der Waals surface area contributed by atoms with Crippen LogP contribution in [0, 0.1) is 6.92 Å². The number of fused-ring (bicyclic) bond motifs is 1. The molecule has 3 heteroatoms. The molecule has 1 N–H and O–H groups in total. The van der Waals surface area contributed by atoms with Crippen LogP contribution in [0.25, 0.3) is 11.0 Å². The van der Waals surface area contributed by atoms with Crippen molar-refractivity contribution in [3.8, 4) is 0 Å². The van der Waals surface area contributed by atoms with E-state index >= 15 is 0 Å². The molecule has 1 heterocycles. The molecule has 0 spiro atoms. The molecule has 1 aromatic carbocycles. The lowest BCUT2D eigenvalue weighted by Crippen LogP contribution is -2.06. The fourth-order valence-electron chi connectivity index (χ4n) is 1.32. The van der Waals surface area contributed by atoms with Gasteiger partial charge in [0.25, 0.3) is 0 Å². The fourth-order valence-corrected chi connectivity index (χ4v) is 1.32. The Labute approximate surface area is 74.9 Å². The fraction of sp³-hybridized carbons (Fsp3) is 0.100. The number of hydrogen-bond donors (Lipinski definition) is 1. The Morgan fingerprint density at radius 1 is 1.31 bits per heavy atom. The van der Waals surface area contributed by atoms with E-state index in [1.54, 1.807) is 6.26 Å². The van der Waals surface area contributed by atoms with Crippen LogP contribution in [0.5, 0.6) is 0 Å². The molecule has 66 valence electrons. The summed E-state index contributed by atoms with van der Waals surface area (Å²) >= 11 is 0. The molecule has 2 rings (SSSR count). The largest absolute Gasteiger partial charge is 0.464 e. The number of para-hydroxylation sites is 1. The lowest BCUT2D eigenvalue weighted by atomic mass is 10.2. The summed E-state index contributed by atoms with van der Waals surface area (Å²) in [6.45, 7) is 1.84. The number of rotatable bonds is 0. The molecule has 0 atom stereocenters. The quantitative estimate of drug-likeness (QED) is 0.492. The predicted octanol–water partition coefficient (Wildman–Crippen LogP) is 2.03. The molecule has 0 fully saturated rings. The minimum Gasteiger partial charge on any atom is -0.464 e. The molecule has 0 aliphatic heterocycles. The minimum atomic E-state index is 0.571. The van der Waals surface area contributed by atoms with E-state index in [1.807, 2.05) is 31.2 Å². The van der Waals surface area contributed by atoms with E-state index in [2.05, 4.69) is 5.16 Å². The summed E-state index contributed by atoms with van der Waals surface area (Å²) in [4.78, 5) is 0. The van der Waals surface area contributed by atoms with Crippen LogP contribution in [0.1, 0.15) is 5.56 Å². The smallest absolute Gasteiger partial charge is 0.136 e. The molecular weight excluding hydrogens is 166 g/mol.